The molecule has 0 aliphatic carbocycles. The first-order valence-corrected chi connectivity index (χ1v) is 5.62. The van der Waals surface area contributed by atoms with Gasteiger partial charge in [0.25, 0.3) is 0 Å². The first kappa shape index (κ1) is 12.1. The fourth-order valence-corrected chi connectivity index (χ4v) is 1.92. The third-order valence-corrected chi connectivity index (χ3v) is 2.88. The zero-order valence-electron chi connectivity index (χ0n) is 7.25. The minimum absolute atomic E-state index is 0.629. The van der Waals surface area contributed by atoms with E-state index in [2.05, 4.69) is 17.8 Å². The van der Waals surface area contributed by atoms with Crippen LogP contribution in [0.25, 0.3) is 0 Å². The molecule has 2 heteroatoms. The van der Waals surface area contributed by atoms with Crippen LogP contribution in [0, 0.1) is 37.0 Å². The van der Waals surface area contributed by atoms with Gasteiger partial charge in [-0.15, -0.1) is 48.7 Å². The number of hydrogen-bond donors (Lipinski definition) is 0. The summed E-state index contributed by atoms with van der Waals surface area (Å²) in [5.41, 5.74) is 0. The summed E-state index contributed by atoms with van der Waals surface area (Å²) in [6.45, 7) is 0. The maximum absolute atomic E-state index is 5.20. The van der Waals surface area contributed by atoms with Gasteiger partial charge in [-0.3, -0.25) is 0 Å². The van der Waals surface area contributed by atoms with Crippen molar-refractivity contribution >= 4 is 23.5 Å². The Labute approximate surface area is 88.9 Å². The normalized spacial score (nSPS) is 9.77. The average molecular weight is 206 g/mol. The van der Waals surface area contributed by atoms with Crippen LogP contribution in [0.5, 0.6) is 0 Å². The van der Waals surface area contributed by atoms with Crippen LogP contribution < -0.4 is 0 Å². The van der Waals surface area contributed by atoms with Crippen molar-refractivity contribution in [3.05, 3.63) is 10.3 Å². The number of rotatable bonds is 5. The van der Waals surface area contributed by atoms with Gasteiger partial charge in [-0.25, -0.2) is 0 Å². The molecule has 0 rings (SSSR count). The predicted octanol–water partition coefficient (Wildman–Crippen LogP) is 2.58. The zero-order valence-corrected chi connectivity index (χ0v) is 8.88. The number of terminal acetylenes is 3. The summed E-state index contributed by atoms with van der Waals surface area (Å²) in [6, 6.07) is 0. The number of allylic oxidation sites excluding steroid dienone is 1. The van der Waals surface area contributed by atoms with Crippen LogP contribution in [0.3, 0.4) is 0 Å². The van der Waals surface area contributed by atoms with E-state index < -0.39 is 0 Å². The second-order valence-corrected chi connectivity index (χ2v) is 3.93. The molecule has 66 valence electrons. The molecule has 0 fully saturated rings. The molecule has 0 nitrogen and oxygen atoms in total. The van der Waals surface area contributed by atoms with Gasteiger partial charge in [0.2, 0.25) is 0 Å². The molecule has 0 N–H and O–H groups in total. The lowest BCUT2D eigenvalue weighted by Crippen LogP contribution is -1.77. The second kappa shape index (κ2) is 9.21. The summed E-state index contributed by atoms with van der Waals surface area (Å²) in [5, 5.41) is 1.99. The zero-order chi connectivity index (χ0) is 9.94. The molecule has 0 bridgehead atoms. The smallest absolute Gasteiger partial charge is 0.0589 e. The molecule has 13 heavy (non-hydrogen) atoms. The van der Waals surface area contributed by atoms with E-state index in [9.17, 15) is 0 Å². The Kier molecular flexibility index (Phi) is 8.59. The molecule has 0 aromatic heterocycles. The molecule has 0 radical (unpaired) electrons. The Hall–Kier alpha value is -0.880. The summed E-state index contributed by atoms with van der Waals surface area (Å²) >= 11 is 3.16. The highest BCUT2D eigenvalue weighted by molar-refractivity contribution is 8.06. The van der Waals surface area contributed by atoms with Crippen molar-refractivity contribution < 1.29 is 0 Å². The predicted molar refractivity (Wildman–Crippen MR) is 64.1 cm³/mol. The molecular formula is C11H10S2. The second-order valence-electron chi connectivity index (χ2n) is 1.97. The highest BCUT2D eigenvalue weighted by Gasteiger charge is 1.94. The van der Waals surface area contributed by atoms with E-state index in [-0.39, 0.29) is 0 Å². The molecule has 0 unspecified atom stereocenters. The maximum atomic E-state index is 5.20. The summed E-state index contributed by atoms with van der Waals surface area (Å²) in [7, 11) is 0. The lowest BCUT2D eigenvalue weighted by molar-refractivity contribution is 1.45. The fraction of sp³-hybridized carbons (Fsp3) is 0.273. The van der Waals surface area contributed by atoms with E-state index >= 15 is 0 Å². The van der Waals surface area contributed by atoms with Gasteiger partial charge in [0.15, 0.2) is 0 Å². The topological polar surface area (TPSA) is 0 Å². The number of thioether (sulfide) groups is 2. The van der Waals surface area contributed by atoms with Crippen molar-refractivity contribution in [1.29, 1.82) is 0 Å². The third-order valence-electron chi connectivity index (χ3n) is 0.999. The molecule has 0 heterocycles. The fourth-order valence-electron chi connectivity index (χ4n) is 0.544. The van der Waals surface area contributed by atoms with Crippen LogP contribution in [0.4, 0.5) is 0 Å². The summed E-state index contributed by atoms with van der Waals surface area (Å²) in [5.74, 6) is 9.00. The van der Waals surface area contributed by atoms with Crippen molar-refractivity contribution in [2.75, 3.05) is 11.5 Å². The van der Waals surface area contributed by atoms with E-state index in [0.717, 1.165) is 4.91 Å². The summed E-state index contributed by atoms with van der Waals surface area (Å²) in [4.78, 5) is 1.11. The maximum Gasteiger partial charge on any atom is 0.0589 e. The monoisotopic (exact) mass is 206 g/mol. The van der Waals surface area contributed by atoms with E-state index in [1.54, 1.807) is 23.5 Å². The van der Waals surface area contributed by atoms with Crippen LogP contribution in [-0.4, -0.2) is 11.5 Å². The Bertz CT molecular complexity index is 281. The molecule has 0 aromatic carbocycles. The van der Waals surface area contributed by atoms with E-state index in [0.29, 0.717) is 17.9 Å². The van der Waals surface area contributed by atoms with Gasteiger partial charge in [-0.05, 0) is 5.41 Å². The van der Waals surface area contributed by atoms with Gasteiger partial charge in [0.1, 0.15) is 0 Å². The standard InChI is InChI=1S/C11H10S2/c1-4-7-11(13-9-6-3)10-12-8-5-2/h1-3,10H,7-9H2. The Balaban J connectivity index is 3.95. The van der Waals surface area contributed by atoms with Crippen molar-refractivity contribution in [1.82, 2.24) is 0 Å². The first-order valence-electron chi connectivity index (χ1n) is 3.59. The minimum Gasteiger partial charge on any atom is -0.120 e. The van der Waals surface area contributed by atoms with Crippen LogP contribution in [0.2, 0.25) is 0 Å². The SMILES string of the molecule is C#CCSC=C(CC#C)SCC#C. The van der Waals surface area contributed by atoms with Crippen LogP contribution in [0.1, 0.15) is 6.42 Å². The molecule has 0 aliphatic rings. The van der Waals surface area contributed by atoms with Gasteiger partial charge in [-0.1, -0.05) is 11.8 Å². The molecular weight excluding hydrogens is 196 g/mol. The number of hydrogen-bond acceptors (Lipinski definition) is 2. The molecule has 0 aliphatic heterocycles. The third kappa shape index (κ3) is 7.48. The van der Waals surface area contributed by atoms with Crippen molar-refractivity contribution in [2.24, 2.45) is 0 Å². The van der Waals surface area contributed by atoms with Gasteiger partial charge in [0.05, 0.1) is 11.5 Å². The summed E-state index contributed by atoms with van der Waals surface area (Å²) < 4.78 is 0. The summed E-state index contributed by atoms with van der Waals surface area (Å²) in [6.07, 6.45) is 16.1. The molecule has 0 amide bonds. The molecule has 0 spiro atoms. The minimum atomic E-state index is 0.629. The van der Waals surface area contributed by atoms with Crippen LogP contribution >= 0.6 is 23.5 Å². The highest BCUT2D eigenvalue weighted by Crippen LogP contribution is 2.21. The van der Waals surface area contributed by atoms with Gasteiger partial charge < -0.3 is 0 Å². The molecule has 0 aromatic rings. The Morgan fingerprint density at radius 1 is 1.08 bits per heavy atom. The van der Waals surface area contributed by atoms with Crippen molar-refractivity contribution in [2.45, 2.75) is 6.42 Å². The first-order chi connectivity index (χ1) is 6.35. The molecule has 0 saturated carbocycles. The average Bonchev–Trinajstić information content (AvgIpc) is 2.14. The van der Waals surface area contributed by atoms with Gasteiger partial charge in [-0.2, -0.15) is 0 Å². The Morgan fingerprint density at radius 3 is 2.31 bits per heavy atom. The van der Waals surface area contributed by atoms with Gasteiger partial charge >= 0.3 is 0 Å². The van der Waals surface area contributed by atoms with Gasteiger partial charge in [0, 0.05) is 11.3 Å². The molecule has 0 atom stereocenters. The van der Waals surface area contributed by atoms with Crippen LogP contribution in [0.15, 0.2) is 10.3 Å². The van der Waals surface area contributed by atoms with Crippen molar-refractivity contribution in [3.63, 3.8) is 0 Å². The van der Waals surface area contributed by atoms with Crippen LogP contribution in [-0.2, 0) is 0 Å². The van der Waals surface area contributed by atoms with Crippen molar-refractivity contribution in [3.8, 4) is 37.0 Å². The van der Waals surface area contributed by atoms with E-state index in [4.69, 9.17) is 19.3 Å². The van der Waals surface area contributed by atoms with E-state index in [1.807, 2.05) is 5.41 Å². The largest absolute Gasteiger partial charge is 0.120 e. The molecule has 0 saturated heterocycles. The van der Waals surface area contributed by atoms with E-state index in [1.165, 1.54) is 0 Å². The Morgan fingerprint density at radius 2 is 1.77 bits per heavy atom. The lowest BCUT2D eigenvalue weighted by atomic mass is 10.4. The highest BCUT2D eigenvalue weighted by atomic mass is 32.2. The lowest BCUT2D eigenvalue weighted by Gasteiger charge is -1.98. The quantitative estimate of drug-likeness (QED) is 0.501.